The van der Waals surface area contributed by atoms with Crippen molar-refractivity contribution in [1.82, 2.24) is 14.4 Å². The molecule has 17 fully saturated rings. The molecule has 5 nitrogen and oxygen atoms in total. The molecular weight excluding hydrogens is 825 g/mol. The van der Waals surface area contributed by atoms with Gasteiger partial charge in [-0.2, -0.15) is 0 Å². The molecule has 0 spiro atoms. The summed E-state index contributed by atoms with van der Waals surface area (Å²) in [7, 11) is 0. The molecule has 0 amide bonds. The molecule has 1 aromatic heterocycles. The van der Waals surface area contributed by atoms with Gasteiger partial charge in [0.1, 0.15) is 23.5 Å². The van der Waals surface area contributed by atoms with Gasteiger partial charge in [0.25, 0.3) is 0 Å². The predicted molar refractivity (Wildman–Crippen MR) is 241 cm³/mol. The molecule has 0 radical (unpaired) electrons. The molecule has 3 heterocycles. The Labute approximate surface area is 436 Å². The van der Waals surface area contributed by atoms with Crippen LogP contribution in [0.1, 0.15) is 189 Å². The van der Waals surface area contributed by atoms with Crippen molar-refractivity contribution >= 4 is 12.4 Å². The Morgan fingerprint density at radius 1 is 0.500 bits per heavy atom. The molecular formula is C53H85Cl2N4Na2O+3. The van der Waals surface area contributed by atoms with Crippen LogP contribution in [0, 0.1) is 71.0 Å². The molecule has 2 aliphatic heterocycles. The summed E-state index contributed by atoms with van der Waals surface area (Å²) in [5.74, 6) is 12.6. The fourth-order valence-electron chi connectivity index (χ4n) is 20.1. The van der Waals surface area contributed by atoms with Gasteiger partial charge in [-0.15, -0.1) is 12.4 Å². The fourth-order valence-corrected chi connectivity index (χ4v) is 20.1. The van der Waals surface area contributed by atoms with Gasteiger partial charge in [-0.25, -0.2) is 9.13 Å². The molecule has 16 bridgehead atoms. The molecule has 18 aliphatic rings. The quantitative estimate of drug-likeness (QED) is 0.343. The molecule has 1 saturated heterocycles. The van der Waals surface area contributed by atoms with Crippen LogP contribution >= 0.6 is 12.4 Å². The van der Waals surface area contributed by atoms with Gasteiger partial charge in [0, 0.05) is 36.7 Å². The second-order valence-corrected chi connectivity index (χ2v) is 25.2. The normalized spacial score (nSPS) is 47.8. The smallest absolute Gasteiger partial charge is 1.00 e. The second-order valence-electron chi connectivity index (χ2n) is 25.2. The van der Waals surface area contributed by atoms with Crippen molar-refractivity contribution in [3.05, 3.63) is 31.1 Å². The van der Waals surface area contributed by atoms with Crippen LogP contribution in [0.15, 0.2) is 31.1 Å². The van der Waals surface area contributed by atoms with Crippen molar-refractivity contribution < 1.29 is 82.3 Å². The number of imidazole rings is 1. The Kier molecular flexibility index (Phi) is 15.5. The number of rotatable bonds is 4. The first kappa shape index (κ1) is 49.5. The van der Waals surface area contributed by atoms with E-state index in [9.17, 15) is 0 Å². The molecule has 1 aromatic rings. The Bertz CT molecular complexity index is 1440. The molecule has 62 heavy (non-hydrogen) atoms. The first-order valence-electron chi connectivity index (χ1n) is 26.2. The zero-order chi connectivity index (χ0) is 38.7. The predicted octanol–water partition coefficient (Wildman–Crippen LogP) is 3.36. The van der Waals surface area contributed by atoms with Crippen LogP contribution in [0.4, 0.5) is 0 Å². The third-order valence-corrected chi connectivity index (χ3v) is 20.5. The average Bonchev–Trinajstić information content (AvgIpc) is 3.99. The van der Waals surface area contributed by atoms with E-state index in [1.165, 1.54) is 103 Å². The minimum absolute atomic E-state index is 0. The zero-order valence-electron chi connectivity index (χ0n) is 41.0. The van der Waals surface area contributed by atoms with Crippen molar-refractivity contribution in [3.63, 3.8) is 0 Å². The molecule has 0 unspecified atom stereocenters. The van der Waals surface area contributed by atoms with Gasteiger partial charge in [-0.3, -0.25) is 0 Å². The number of halogens is 2. The Morgan fingerprint density at radius 2 is 0.790 bits per heavy atom. The van der Waals surface area contributed by atoms with E-state index < -0.39 is 0 Å². The number of hydrogen-bond acceptors (Lipinski definition) is 3. The first-order valence-corrected chi connectivity index (χ1v) is 26.2. The van der Waals surface area contributed by atoms with Gasteiger partial charge in [0.05, 0.1) is 6.67 Å². The average molecular weight is 911 g/mol. The van der Waals surface area contributed by atoms with E-state index in [2.05, 4.69) is 63.9 Å². The molecule has 9 heteroatoms. The van der Waals surface area contributed by atoms with Crippen molar-refractivity contribution in [2.45, 2.75) is 209 Å². The summed E-state index contributed by atoms with van der Waals surface area (Å²) in [6, 6.07) is 0. The monoisotopic (exact) mass is 910 g/mol. The van der Waals surface area contributed by atoms with E-state index >= 15 is 0 Å². The van der Waals surface area contributed by atoms with E-state index in [-0.39, 0.29) is 85.4 Å². The summed E-state index contributed by atoms with van der Waals surface area (Å²) >= 11 is 0. The van der Waals surface area contributed by atoms with Crippen molar-refractivity contribution in [2.75, 3.05) is 19.9 Å². The topological polar surface area (TPSA) is 24.5 Å². The van der Waals surface area contributed by atoms with Gasteiger partial charge >= 0.3 is 60.5 Å². The van der Waals surface area contributed by atoms with Crippen LogP contribution in [-0.2, 0) is 15.8 Å². The standard InChI is InChI=1S/C23H34N2.C23H33N2.C4H8O.C3H8.2ClH.2Na/c2*1-2-25(23-12-19-6-20(13-23)8-21(7-19)14-23)15-24(1)22-9-16-3-17(10-22)5-18(4-16)11-22;1-2-4-5-3-1;1-3-2;;;;/h1-2,16-21H,3-15H2;1-2,15-21H,3-14H2;1-4H2;3H2,1-2H3;2*1H;;/q;+1;;;;;2*+1. The SMILES string of the molecule is C1=CN(C23CC4CC(CC(C4)C2)C3)CN1C12CC3CC(CC(C3)C1)C2.C1CCOC1.CCC.Cl.[Cl-].[H+].[Na+].[Na+].c1c[n+](C23CC4CC(CC(C4)C2)C3)cn1C12CC3CC(CC(C3)C1)C2. The third kappa shape index (κ3) is 9.05. The fraction of sp³-hybridized carbons (Fsp3) is 0.906. The maximum atomic E-state index is 4.94. The van der Waals surface area contributed by atoms with E-state index in [1.807, 2.05) is 0 Å². The van der Waals surface area contributed by atoms with Crippen LogP contribution in [0.3, 0.4) is 0 Å². The number of aromatic nitrogens is 2. The van der Waals surface area contributed by atoms with Crippen LogP contribution in [0.5, 0.6) is 0 Å². The molecule has 16 aliphatic carbocycles. The number of hydrogen-bond donors (Lipinski definition) is 0. The summed E-state index contributed by atoms with van der Waals surface area (Å²) in [6.07, 6.45) is 53.1. The molecule has 0 aromatic carbocycles. The zero-order valence-corrected chi connectivity index (χ0v) is 45.6. The van der Waals surface area contributed by atoms with Crippen molar-refractivity contribution in [1.29, 1.82) is 0 Å². The Hall–Kier alpha value is 1.09. The van der Waals surface area contributed by atoms with Gasteiger partial charge < -0.3 is 26.9 Å². The Morgan fingerprint density at radius 3 is 1.08 bits per heavy atom. The van der Waals surface area contributed by atoms with Crippen molar-refractivity contribution in [3.8, 4) is 0 Å². The van der Waals surface area contributed by atoms with Crippen LogP contribution in [0.2, 0.25) is 0 Å². The summed E-state index contributed by atoms with van der Waals surface area (Å²) < 4.78 is 10.4. The van der Waals surface area contributed by atoms with Gasteiger partial charge in [-0.1, -0.05) is 20.3 Å². The molecule has 0 N–H and O–H groups in total. The molecule has 0 atom stereocenters. The maximum Gasteiger partial charge on any atom is 1.00 e. The summed E-state index contributed by atoms with van der Waals surface area (Å²) in [5.41, 5.74) is 2.12. The van der Waals surface area contributed by atoms with Crippen LogP contribution < -0.4 is 76.1 Å². The summed E-state index contributed by atoms with van der Waals surface area (Å²) in [4.78, 5) is 5.71. The van der Waals surface area contributed by atoms with E-state index in [0.29, 0.717) is 22.2 Å². The molecule has 336 valence electrons. The van der Waals surface area contributed by atoms with Crippen molar-refractivity contribution in [2.24, 2.45) is 71.0 Å². The van der Waals surface area contributed by atoms with E-state index in [1.54, 1.807) is 77.0 Å². The van der Waals surface area contributed by atoms with Crippen LogP contribution in [-0.4, -0.2) is 45.3 Å². The minimum Gasteiger partial charge on any atom is -1.00 e. The maximum absolute atomic E-state index is 4.94. The second kappa shape index (κ2) is 19.5. The minimum atomic E-state index is 0. The Balaban J connectivity index is 0.000000151. The number of ether oxygens (including phenoxy) is 1. The molecule has 19 rings (SSSR count). The van der Waals surface area contributed by atoms with Gasteiger partial charge in [-0.05, 0) is 238 Å². The third-order valence-electron chi connectivity index (χ3n) is 20.5. The van der Waals surface area contributed by atoms with E-state index in [4.69, 9.17) is 4.74 Å². The van der Waals surface area contributed by atoms with Crippen LogP contribution in [0.25, 0.3) is 0 Å². The largest absolute Gasteiger partial charge is 1.00 e. The summed E-state index contributed by atoms with van der Waals surface area (Å²) in [6.45, 7) is 7.48. The van der Waals surface area contributed by atoms with Gasteiger partial charge in [0.2, 0.25) is 6.33 Å². The molecule has 16 saturated carbocycles. The summed E-state index contributed by atoms with van der Waals surface area (Å²) in [5, 5.41) is 0. The number of nitrogens with zero attached hydrogens (tertiary/aromatic N) is 4. The first-order chi connectivity index (χ1) is 28.3. The van der Waals surface area contributed by atoms with E-state index in [0.717, 1.165) is 84.2 Å². The van der Waals surface area contributed by atoms with Gasteiger partial charge in [0.15, 0.2) is 0 Å².